The number of rotatable bonds is 9. The maximum absolute atomic E-state index is 12.4. The van der Waals surface area contributed by atoms with Crippen molar-refractivity contribution in [3.8, 4) is 0 Å². The molecule has 0 atom stereocenters. The fraction of sp³-hybridized carbons (Fsp3) is 0.500. The van der Waals surface area contributed by atoms with Crippen molar-refractivity contribution in [3.63, 3.8) is 0 Å². The minimum Gasteiger partial charge on any atom is -0.462 e. The Balaban J connectivity index is 3.24. The summed E-state index contributed by atoms with van der Waals surface area (Å²) in [5.74, 6) is -1.47. The van der Waals surface area contributed by atoms with Gasteiger partial charge in [0.25, 0.3) is 0 Å². The highest BCUT2D eigenvalue weighted by Crippen LogP contribution is 2.34. The monoisotopic (exact) mass is 367 g/mol. The molecule has 0 aliphatic carbocycles. The van der Waals surface area contributed by atoms with Gasteiger partial charge in [0, 0.05) is 5.92 Å². The average molecular weight is 367 g/mol. The predicted octanol–water partition coefficient (Wildman–Crippen LogP) is 3.95. The molecule has 0 aliphatic heterocycles. The molecule has 1 N–H and O–H groups in total. The predicted molar refractivity (Wildman–Crippen MR) is 98.2 cm³/mol. The van der Waals surface area contributed by atoms with E-state index < -0.39 is 11.9 Å². The Kier molecular flexibility index (Phi) is 8.34. The summed E-state index contributed by atoms with van der Waals surface area (Å²) in [6.07, 6.45) is 2.84. The van der Waals surface area contributed by atoms with E-state index in [-0.39, 0.29) is 35.5 Å². The van der Waals surface area contributed by atoms with Gasteiger partial charge in [0.1, 0.15) is 16.5 Å². The fourth-order valence-electron chi connectivity index (χ4n) is 2.32. The van der Waals surface area contributed by atoms with E-state index in [0.717, 1.165) is 11.3 Å². The number of ether oxygens (including phenoxy) is 2. The zero-order chi connectivity index (χ0) is 19.0. The summed E-state index contributed by atoms with van der Waals surface area (Å²) in [4.78, 5) is 37.1. The lowest BCUT2D eigenvalue weighted by molar-refractivity contribution is -0.120. The number of nitrogens with one attached hydrogen (secondary N) is 1. The second-order valence-corrected chi connectivity index (χ2v) is 6.39. The number of esters is 2. The van der Waals surface area contributed by atoms with Gasteiger partial charge in [0.15, 0.2) is 0 Å². The molecule has 25 heavy (non-hydrogen) atoms. The molecule has 6 nitrogen and oxygen atoms in total. The SMILES string of the molecule is C=CCOC(=O)c1sc(NC(=O)C(CC)CC)c(C(=O)OCC)c1C. The standard InChI is InChI=1S/C18H25NO5S/c1-6-10-24-18(22)14-11(5)13(17(21)23-9-4)16(25-14)19-15(20)12(7-2)8-3/h6,12H,1,7-10H2,2-5H3,(H,19,20). The first kappa shape index (κ1) is 20.9. The number of amides is 1. The van der Waals surface area contributed by atoms with Crippen molar-refractivity contribution < 1.29 is 23.9 Å². The molecular formula is C18H25NO5S. The molecule has 1 amide bonds. The Hall–Kier alpha value is -2.15. The zero-order valence-electron chi connectivity index (χ0n) is 15.1. The van der Waals surface area contributed by atoms with Crippen molar-refractivity contribution in [1.82, 2.24) is 0 Å². The maximum Gasteiger partial charge on any atom is 0.348 e. The van der Waals surface area contributed by atoms with Crippen LogP contribution < -0.4 is 5.32 Å². The molecule has 138 valence electrons. The molecule has 0 unspecified atom stereocenters. The molecule has 1 heterocycles. The summed E-state index contributed by atoms with van der Waals surface area (Å²) < 4.78 is 10.1. The molecule has 0 bridgehead atoms. The lowest BCUT2D eigenvalue weighted by Gasteiger charge is -2.12. The molecule has 0 saturated heterocycles. The Morgan fingerprint density at radius 2 is 1.80 bits per heavy atom. The Morgan fingerprint density at radius 3 is 2.32 bits per heavy atom. The van der Waals surface area contributed by atoms with Gasteiger partial charge in [-0.2, -0.15) is 0 Å². The first-order valence-electron chi connectivity index (χ1n) is 8.30. The van der Waals surface area contributed by atoms with E-state index in [2.05, 4.69) is 11.9 Å². The van der Waals surface area contributed by atoms with Crippen LogP contribution in [0.15, 0.2) is 12.7 Å². The van der Waals surface area contributed by atoms with Gasteiger partial charge in [-0.3, -0.25) is 4.79 Å². The van der Waals surface area contributed by atoms with E-state index >= 15 is 0 Å². The van der Waals surface area contributed by atoms with E-state index in [1.54, 1.807) is 13.8 Å². The van der Waals surface area contributed by atoms with Crippen molar-refractivity contribution in [2.45, 2.75) is 40.5 Å². The van der Waals surface area contributed by atoms with E-state index in [0.29, 0.717) is 23.4 Å². The maximum atomic E-state index is 12.4. The van der Waals surface area contributed by atoms with Crippen LogP contribution in [0.2, 0.25) is 0 Å². The smallest absolute Gasteiger partial charge is 0.348 e. The highest BCUT2D eigenvalue weighted by Gasteiger charge is 2.28. The summed E-state index contributed by atoms with van der Waals surface area (Å²) in [6, 6.07) is 0. The van der Waals surface area contributed by atoms with Crippen LogP contribution in [0.1, 0.15) is 59.2 Å². The number of carbonyl (C=O) groups excluding carboxylic acids is 3. The number of hydrogen-bond acceptors (Lipinski definition) is 6. The lowest BCUT2D eigenvalue weighted by atomic mass is 10.0. The number of hydrogen-bond donors (Lipinski definition) is 1. The van der Waals surface area contributed by atoms with Gasteiger partial charge in [0.2, 0.25) is 5.91 Å². The molecular weight excluding hydrogens is 342 g/mol. The highest BCUT2D eigenvalue weighted by atomic mass is 32.1. The van der Waals surface area contributed by atoms with Crippen LogP contribution in [0.3, 0.4) is 0 Å². The molecule has 0 saturated carbocycles. The van der Waals surface area contributed by atoms with Crippen molar-refractivity contribution in [3.05, 3.63) is 28.7 Å². The normalized spacial score (nSPS) is 10.4. The third-order valence-corrected chi connectivity index (χ3v) is 4.92. The summed E-state index contributed by atoms with van der Waals surface area (Å²) in [5.41, 5.74) is 0.647. The topological polar surface area (TPSA) is 81.7 Å². The minimum absolute atomic E-state index is 0.0698. The number of carbonyl (C=O) groups is 3. The molecule has 1 aromatic heterocycles. The quantitative estimate of drug-likeness (QED) is 0.528. The molecule has 0 aromatic carbocycles. The van der Waals surface area contributed by atoms with Gasteiger partial charge in [-0.25, -0.2) is 9.59 Å². The van der Waals surface area contributed by atoms with Gasteiger partial charge in [-0.1, -0.05) is 26.5 Å². The van der Waals surface area contributed by atoms with E-state index in [9.17, 15) is 14.4 Å². The molecule has 1 aromatic rings. The fourth-order valence-corrected chi connectivity index (χ4v) is 3.41. The lowest BCUT2D eigenvalue weighted by Crippen LogP contribution is -2.22. The first-order chi connectivity index (χ1) is 11.9. The highest BCUT2D eigenvalue weighted by molar-refractivity contribution is 7.18. The average Bonchev–Trinajstić information content (AvgIpc) is 2.90. The summed E-state index contributed by atoms with van der Waals surface area (Å²) in [6.45, 7) is 11.0. The first-order valence-corrected chi connectivity index (χ1v) is 9.12. The van der Waals surface area contributed by atoms with Crippen LogP contribution in [0.5, 0.6) is 0 Å². The van der Waals surface area contributed by atoms with Crippen molar-refractivity contribution in [1.29, 1.82) is 0 Å². The summed E-state index contributed by atoms with van der Waals surface area (Å²) in [5, 5.41) is 3.09. The second-order valence-electron chi connectivity index (χ2n) is 5.37. The van der Waals surface area contributed by atoms with Gasteiger partial charge in [-0.15, -0.1) is 11.3 Å². The van der Waals surface area contributed by atoms with Gasteiger partial charge < -0.3 is 14.8 Å². The van der Waals surface area contributed by atoms with Gasteiger partial charge in [0.05, 0.1) is 12.2 Å². The third-order valence-electron chi connectivity index (χ3n) is 3.74. The van der Waals surface area contributed by atoms with Gasteiger partial charge in [-0.05, 0) is 32.3 Å². The largest absolute Gasteiger partial charge is 0.462 e. The van der Waals surface area contributed by atoms with Crippen LogP contribution in [0.25, 0.3) is 0 Å². The van der Waals surface area contributed by atoms with E-state index in [1.807, 2.05) is 13.8 Å². The molecule has 0 aliphatic rings. The van der Waals surface area contributed by atoms with Crippen molar-refractivity contribution in [2.24, 2.45) is 5.92 Å². The molecule has 7 heteroatoms. The molecule has 0 fully saturated rings. The summed E-state index contributed by atoms with van der Waals surface area (Å²) >= 11 is 1.02. The van der Waals surface area contributed by atoms with Crippen LogP contribution in [0.4, 0.5) is 5.00 Å². The van der Waals surface area contributed by atoms with Crippen molar-refractivity contribution >= 4 is 34.2 Å². The minimum atomic E-state index is -0.570. The molecule has 1 rings (SSSR count). The number of thiophene rings is 1. The van der Waals surface area contributed by atoms with Gasteiger partial charge >= 0.3 is 11.9 Å². The molecule has 0 radical (unpaired) electrons. The number of anilines is 1. The van der Waals surface area contributed by atoms with Crippen LogP contribution in [-0.4, -0.2) is 31.1 Å². The third kappa shape index (κ3) is 5.16. The van der Waals surface area contributed by atoms with Crippen LogP contribution in [0, 0.1) is 12.8 Å². The zero-order valence-corrected chi connectivity index (χ0v) is 16.0. The Labute approximate surface area is 152 Å². The van der Waals surface area contributed by atoms with E-state index in [4.69, 9.17) is 9.47 Å². The molecule has 0 spiro atoms. The second kappa shape index (κ2) is 9.98. The Bertz CT molecular complexity index is 646. The van der Waals surface area contributed by atoms with Crippen LogP contribution in [-0.2, 0) is 14.3 Å². The van der Waals surface area contributed by atoms with Crippen LogP contribution >= 0.6 is 11.3 Å². The van der Waals surface area contributed by atoms with E-state index in [1.165, 1.54) is 6.08 Å². The summed E-state index contributed by atoms with van der Waals surface area (Å²) in [7, 11) is 0. The van der Waals surface area contributed by atoms with Crippen molar-refractivity contribution in [2.75, 3.05) is 18.5 Å². The Morgan fingerprint density at radius 1 is 1.16 bits per heavy atom.